The normalized spacial score (nSPS) is 17.3. The van der Waals surface area contributed by atoms with Crippen molar-refractivity contribution in [1.29, 1.82) is 0 Å². The Hall–Kier alpha value is -1.52. The number of rotatable bonds is 2. The predicted octanol–water partition coefficient (Wildman–Crippen LogP) is -0.135. The van der Waals surface area contributed by atoms with Gasteiger partial charge in [0.2, 0.25) is 0 Å². The molecule has 0 unspecified atom stereocenters. The van der Waals surface area contributed by atoms with E-state index in [-0.39, 0.29) is 12.7 Å². The molecule has 60 valence electrons. The van der Waals surface area contributed by atoms with Gasteiger partial charge in [-0.3, -0.25) is 5.32 Å². The summed E-state index contributed by atoms with van der Waals surface area (Å²) < 4.78 is 0. The lowest BCUT2D eigenvalue weighted by atomic mass is 10.5. The van der Waals surface area contributed by atoms with Crippen LogP contribution >= 0.6 is 0 Å². The third-order valence-electron chi connectivity index (χ3n) is 1.29. The second kappa shape index (κ2) is 3.05. The molecule has 0 aromatic heterocycles. The molecule has 1 saturated heterocycles. The summed E-state index contributed by atoms with van der Waals surface area (Å²) in [4.78, 5) is 22.9. The van der Waals surface area contributed by atoms with Crippen molar-refractivity contribution in [2.75, 3.05) is 13.2 Å². The molecule has 1 rings (SSSR count). The van der Waals surface area contributed by atoms with Gasteiger partial charge < -0.3 is 10.2 Å². The molecule has 0 aromatic carbocycles. The summed E-state index contributed by atoms with van der Waals surface area (Å²) >= 11 is 0. The summed E-state index contributed by atoms with van der Waals surface area (Å²) in [6.45, 7) is 4.16. The first-order valence-electron chi connectivity index (χ1n) is 3.18. The van der Waals surface area contributed by atoms with Crippen molar-refractivity contribution in [3.63, 3.8) is 0 Å². The first-order chi connectivity index (χ1) is 5.24. The zero-order valence-electron chi connectivity index (χ0n) is 5.96. The van der Waals surface area contributed by atoms with Gasteiger partial charge in [-0.25, -0.2) is 9.59 Å². The van der Waals surface area contributed by atoms with Crippen LogP contribution in [0.3, 0.4) is 0 Å². The van der Waals surface area contributed by atoms with Crippen molar-refractivity contribution in [3.05, 3.63) is 12.7 Å². The molecular formula is C6H9N3O2. The number of hydrogen-bond acceptors (Lipinski definition) is 2. The number of urea groups is 2. The van der Waals surface area contributed by atoms with E-state index in [2.05, 4.69) is 17.2 Å². The van der Waals surface area contributed by atoms with E-state index >= 15 is 0 Å². The molecule has 0 atom stereocenters. The Morgan fingerprint density at radius 2 is 2.36 bits per heavy atom. The van der Waals surface area contributed by atoms with Gasteiger partial charge in [-0.05, 0) is 0 Å². The molecule has 0 saturated carbocycles. The summed E-state index contributed by atoms with van der Waals surface area (Å²) in [5, 5.41) is 4.56. The van der Waals surface area contributed by atoms with E-state index in [0.717, 1.165) is 0 Å². The van der Waals surface area contributed by atoms with Gasteiger partial charge in [0.25, 0.3) is 0 Å². The fourth-order valence-electron chi connectivity index (χ4n) is 0.763. The van der Waals surface area contributed by atoms with E-state index in [1.54, 1.807) is 6.08 Å². The van der Waals surface area contributed by atoms with Gasteiger partial charge in [-0.1, -0.05) is 6.08 Å². The van der Waals surface area contributed by atoms with Gasteiger partial charge >= 0.3 is 12.1 Å². The molecule has 0 spiro atoms. The van der Waals surface area contributed by atoms with Gasteiger partial charge in [-0.2, -0.15) is 0 Å². The van der Waals surface area contributed by atoms with Crippen LogP contribution in [0.1, 0.15) is 0 Å². The Kier molecular flexibility index (Phi) is 2.10. The molecule has 1 aliphatic heterocycles. The van der Waals surface area contributed by atoms with Crippen LogP contribution in [0.2, 0.25) is 0 Å². The van der Waals surface area contributed by atoms with Crippen LogP contribution in [0.25, 0.3) is 0 Å². The van der Waals surface area contributed by atoms with E-state index in [1.165, 1.54) is 4.90 Å². The second-order valence-electron chi connectivity index (χ2n) is 2.11. The fraction of sp³-hybridized carbons (Fsp3) is 0.333. The highest BCUT2D eigenvalue weighted by Gasteiger charge is 2.20. The Morgan fingerprint density at radius 3 is 2.91 bits per heavy atom. The van der Waals surface area contributed by atoms with Gasteiger partial charge in [0.05, 0.1) is 6.67 Å². The molecule has 0 radical (unpaired) electrons. The minimum absolute atomic E-state index is 0.247. The standard InChI is InChI=1S/C6H9N3O2/c1-2-3-9-4-7-5(10)8-6(9)11/h2H,1,3-4H2,(H2,7,8,10,11). The van der Waals surface area contributed by atoms with Crippen molar-refractivity contribution < 1.29 is 9.59 Å². The molecule has 1 heterocycles. The highest BCUT2D eigenvalue weighted by atomic mass is 16.2. The lowest BCUT2D eigenvalue weighted by Crippen LogP contribution is -2.57. The fourth-order valence-corrected chi connectivity index (χ4v) is 0.763. The van der Waals surface area contributed by atoms with Gasteiger partial charge in [0.1, 0.15) is 0 Å². The smallest absolute Gasteiger partial charge is 0.320 e. The van der Waals surface area contributed by atoms with Crippen LogP contribution in [0.5, 0.6) is 0 Å². The number of imide groups is 1. The van der Waals surface area contributed by atoms with Crippen LogP contribution in [-0.2, 0) is 0 Å². The molecule has 0 bridgehead atoms. The topological polar surface area (TPSA) is 61.4 Å². The van der Waals surface area contributed by atoms with Crippen LogP contribution in [0.15, 0.2) is 12.7 Å². The maximum absolute atomic E-state index is 10.9. The molecule has 1 fully saturated rings. The zero-order chi connectivity index (χ0) is 8.27. The quantitative estimate of drug-likeness (QED) is 0.545. The average molecular weight is 155 g/mol. The van der Waals surface area contributed by atoms with Crippen molar-refractivity contribution in [1.82, 2.24) is 15.5 Å². The van der Waals surface area contributed by atoms with Gasteiger partial charge in [-0.15, -0.1) is 6.58 Å². The Bertz CT molecular complexity index is 202. The number of carbonyl (C=O) groups is 2. The molecular weight excluding hydrogens is 146 g/mol. The van der Waals surface area contributed by atoms with Gasteiger partial charge in [0, 0.05) is 6.54 Å². The lowest BCUT2D eigenvalue weighted by Gasteiger charge is -2.25. The molecule has 2 N–H and O–H groups in total. The number of nitrogens with zero attached hydrogens (tertiary/aromatic N) is 1. The molecule has 0 aliphatic carbocycles. The third kappa shape index (κ3) is 1.70. The minimum Gasteiger partial charge on any atom is -0.320 e. The van der Waals surface area contributed by atoms with E-state index in [9.17, 15) is 9.59 Å². The predicted molar refractivity (Wildman–Crippen MR) is 38.8 cm³/mol. The Labute approximate surface area is 64.1 Å². The summed E-state index contributed by atoms with van der Waals surface area (Å²) in [6, 6.07) is -0.830. The van der Waals surface area contributed by atoms with Crippen molar-refractivity contribution >= 4 is 12.1 Å². The summed E-state index contributed by atoms with van der Waals surface area (Å²) in [6.07, 6.45) is 1.59. The SMILES string of the molecule is C=CCN1CNC(=O)NC1=O. The number of hydrogen-bond donors (Lipinski definition) is 2. The molecule has 0 aromatic rings. The van der Waals surface area contributed by atoms with Crippen LogP contribution < -0.4 is 10.6 Å². The molecule has 1 aliphatic rings. The van der Waals surface area contributed by atoms with E-state index in [1.807, 2.05) is 0 Å². The zero-order valence-corrected chi connectivity index (χ0v) is 5.96. The molecule has 5 heteroatoms. The second-order valence-corrected chi connectivity index (χ2v) is 2.11. The van der Waals surface area contributed by atoms with Gasteiger partial charge in [0.15, 0.2) is 0 Å². The largest absolute Gasteiger partial charge is 0.327 e. The minimum atomic E-state index is -0.449. The Morgan fingerprint density at radius 1 is 1.64 bits per heavy atom. The average Bonchev–Trinajstić information content (AvgIpc) is 1.95. The number of nitrogens with one attached hydrogen (secondary N) is 2. The highest BCUT2D eigenvalue weighted by Crippen LogP contribution is 1.91. The monoisotopic (exact) mass is 155 g/mol. The van der Waals surface area contributed by atoms with E-state index in [0.29, 0.717) is 6.54 Å². The van der Waals surface area contributed by atoms with Crippen molar-refractivity contribution in [2.24, 2.45) is 0 Å². The van der Waals surface area contributed by atoms with E-state index < -0.39 is 6.03 Å². The highest BCUT2D eigenvalue weighted by molar-refractivity contribution is 5.95. The van der Waals surface area contributed by atoms with E-state index in [4.69, 9.17) is 0 Å². The van der Waals surface area contributed by atoms with Crippen LogP contribution in [0, 0.1) is 0 Å². The van der Waals surface area contributed by atoms with Crippen LogP contribution in [-0.4, -0.2) is 30.2 Å². The van der Waals surface area contributed by atoms with Crippen molar-refractivity contribution in [2.45, 2.75) is 0 Å². The molecule has 11 heavy (non-hydrogen) atoms. The summed E-state index contributed by atoms with van der Waals surface area (Å²) in [5.41, 5.74) is 0. The molecule has 5 nitrogen and oxygen atoms in total. The first kappa shape index (κ1) is 7.59. The third-order valence-corrected chi connectivity index (χ3v) is 1.29. The molecule has 4 amide bonds. The van der Waals surface area contributed by atoms with Crippen LogP contribution in [0.4, 0.5) is 9.59 Å². The number of carbonyl (C=O) groups excluding carboxylic acids is 2. The Balaban J connectivity index is 2.50. The summed E-state index contributed by atoms with van der Waals surface area (Å²) in [7, 11) is 0. The maximum Gasteiger partial charge on any atom is 0.327 e. The number of amides is 4. The first-order valence-corrected chi connectivity index (χ1v) is 3.18. The maximum atomic E-state index is 10.9. The van der Waals surface area contributed by atoms with Crippen molar-refractivity contribution in [3.8, 4) is 0 Å². The summed E-state index contributed by atoms with van der Waals surface area (Å²) in [5.74, 6) is 0. The lowest BCUT2D eigenvalue weighted by molar-refractivity contribution is 0.182.